The highest BCUT2D eigenvalue weighted by Crippen LogP contribution is 2.24. The number of amides is 1. The van der Waals surface area contributed by atoms with Crippen LogP contribution in [-0.4, -0.2) is 27.1 Å². The average Bonchev–Trinajstić information content (AvgIpc) is 3.20. The number of aromatic nitrogens is 2. The number of nitrogens with one attached hydrogen (secondary N) is 2. The summed E-state index contributed by atoms with van der Waals surface area (Å²) in [6, 6.07) is 9.08. The van der Waals surface area contributed by atoms with E-state index >= 15 is 0 Å². The average molecular weight is 340 g/mol. The lowest BCUT2D eigenvalue weighted by Crippen LogP contribution is -2.22. The minimum atomic E-state index is -0.480. The molecule has 3 N–H and O–H groups in total. The molecule has 3 rings (SSSR count). The van der Waals surface area contributed by atoms with Crippen molar-refractivity contribution in [2.24, 2.45) is 5.16 Å². The number of hydrogen-bond acceptors (Lipinski definition) is 5. The smallest absolute Gasteiger partial charge is 0.365 e. The van der Waals surface area contributed by atoms with Crippen LogP contribution in [0.5, 0.6) is 0 Å². The molecule has 128 valence electrons. The molecule has 8 heteroatoms. The van der Waals surface area contributed by atoms with E-state index in [1.807, 2.05) is 12.1 Å². The van der Waals surface area contributed by atoms with Gasteiger partial charge in [0.15, 0.2) is 0 Å². The normalized spacial score (nSPS) is 11.1. The van der Waals surface area contributed by atoms with Crippen molar-refractivity contribution in [1.82, 2.24) is 15.0 Å². The Balaban J connectivity index is 1.86. The summed E-state index contributed by atoms with van der Waals surface area (Å²) in [4.78, 5) is 26.0. The first kappa shape index (κ1) is 16.3. The first-order valence-electron chi connectivity index (χ1n) is 7.49. The molecule has 0 bridgehead atoms. The zero-order chi connectivity index (χ0) is 17.8. The number of carbonyl (C=O) groups excluding carboxylic acids is 1. The van der Waals surface area contributed by atoms with Crippen LogP contribution in [0.15, 0.2) is 57.2 Å². The summed E-state index contributed by atoms with van der Waals surface area (Å²) in [5.41, 5.74) is 3.05. The zero-order valence-electron chi connectivity index (χ0n) is 13.4. The summed E-state index contributed by atoms with van der Waals surface area (Å²) < 4.78 is 6.34. The standard InChI is InChI=1S/C17H16N4O4/c1-11(22)19-10-21-9-15(17(23)25-21)12-2-4-13(5-3-12)16-14(8-20-24)6-7-18-16/h2-9,18,24H,10H2,1H3,(H,19,22). The quantitative estimate of drug-likeness (QED) is 0.374. The van der Waals surface area contributed by atoms with Crippen LogP contribution in [0.25, 0.3) is 22.4 Å². The van der Waals surface area contributed by atoms with Crippen LogP contribution >= 0.6 is 0 Å². The fourth-order valence-electron chi connectivity index (χ4n) is 2.46. The van der Waals surface area contributed by atoms with Gasteiger partial charge in [-0.25, -0.2) is 4.79 Å². The fraction of sp³-hybridized carbons (Fsp3) is 0.118. The number of benzene rings is 1. The molecule has 3 aromatic rings. The molecule has 0 saturated heterocycles. The molecule has 0 atom stereocenters. The molecular formula is C17H16N4O4. The molecule has 2 aromatic heterocycles. The van der Waals surface area contributed by atoms with Gasteiger partial charge in [0.2, 0.25) is 5.91 Å². The van der Waals surface area contributed by atoms with Crippen LogP contribution in [0.4, 0.5) is 0 Å². The summed E-state index contributed by atoms with van der Waals surface area (Å²) in [5.74, 6) is -0.213. The number of H-pyrrole nitrogens is 1. The molecule has 1 aromatic carbocycles. The van der Waals surface area contributed by atoms with Gasteiger partial charge in [-0.1, -0.05) is 29.4 Å². The first-order chi connectivity index (χ1) is 12.1. The molecule has 0 unspecified atom stereocenters. The highest BCUT2D eigenvalue weighted by atomic mass is 16.5. The number of oxime groups is 1. The second-order valence-corrected chi connectivity index (χ2v) is 5.36. The predicted octanol–water partition coefficient (Wildman–Crippen LogP) is 2.01. The second-order valence-electron chi connectivity index (χ2n) is 5.36. The van der Waals surface area contributed by atoms with Crippen molar-refractivity contribution in [2.75, 3.05) is 0 Å². The van der Waals surface area contributed by atoms with Crippen LogP contribution in [0.3, 0.4) is 0 Å². The Labute approximate surface area is 142 Å². The van der Waals surface area contributed by atoms with Crippen molar-refractivity contribution in [3.8, 4) is 22.4 Å². The van der Waals surface area contributed by atoms with Crippen LogP contribution in [0.2, 0.25) is 0 Å². The maximum atomic E-state index is 12.0. The number of aromatic amines is 1. The molecule has 0 saturated carbocycles. The molecular weight excluding hydrogens is 324 g/mol. The van der Waals surface area contributed by atoms with E-state index in [2.05, 4.69) is 15.5 Å². The van der Waals surface area contributed by atoms with Crippen LogP contribution < -0.4 is 10.9 Å². The molecule has 8 nitrogen and oxygen atoms in total. The maximum absolute atomic E-state index is 12.0. The van der Waals surface area contributed by atoms with Crippen molar-refractivity contribution < 1.29 is 14.5 Å². The van der Waals surface area contributed by atoms with E-state index in [9.17, 15) is 9.59 Å². The minimum Gasteiger partial charge on any atom is -0.411 e. The summed E-state index contributed by atoms with van der Waals surface area (Å²) in [5, 5.41) is 14.3. The molecule has 2 heterocycles. The molecule has 1 amide bonds. The van der Waals surface area contributed by atoms with Gasteiger partial charge < -0.3 is 20.0 Å². The van der Waals surface area contributed by atoms with Gasteiger partial charge in [0.1, 0.15) is 6.67 Å². The third kappa shape index (κ3) is 3.52. The number of carbonyl (C=O) groups is 1. The van der Waals surface area contributed by atoms with Crippen LogP contribution in [-0.2, 0) is 11.5 Å². The SMILES string of the molecule is CC(=O)NCn1cc(-c2ccc(-c3[nH]ccc3C=NO)cc2)c(=O)o1. The van der Waals surface area contributed by atoms with E-state index in [0.29, 0.717) is 11.1 Å². The predicted molar refractivity (Wildman–Crippen MR) is 91.4 cm³/mol. The summed E-state index contributed by atoms with van der Waals surface area (Å²) in [7, 11) is 0. The van der Waals surface area contributed by atoms with Crippen molar-refractivity contribution in [3.63, 3.8) is 0 Å². The molecule has 0 fully saturated rings. The summed E-state index contributed by atoms with van der Waals surface area (Å²) in [6.07, 6.45) is 4.64. The molecule has 0 aliphatic rings. The van der Waals surface area contributed by atoms with E-state index < -0.39 is 5.63 Å². The number of hydrogen-bond donors (Lipinski definition) is 3. The zero-order valence-corrected chi connectivity index (χ0v) is 13.4. The van der Waals surface area contributed by atoms with Crippen LogP contribution in [0.1, 0.15) is 12.5 Å². The van der Waals surface area contributed by atoms with Gasteiger partial charge in [-0.3, -0.25) is 4.79 Å². The molecule has 0 spiro atoms. The van der Waals surface area contributed by atoms with E-state index in [4.69, 9.17) is 9.73 Å². The first-order valence-corrected chi connectivity index (χ1v) is 7.49. The largest absolute Gasteiger partial charge is 0.411 e. The van der Waals surface area contributed by atoms with E-state index in [1.54, 1.807) is 30.6 Å². The molecule has 0 aliphatic heterocycles. The van der Waals surface area contributed by atoms with E-state index in [-0.39, 0.29) is 12.6 Å². The Morgan fingerprint density at radius 3 is 2.72 bits per heavy atom. The van der Waals surface area contributed by atoms with Gasteiger partial charge in [-0.15, -0.1) is 0 Å². The van der Waals surface area contributed by atoms with Crippen LogP contribution in [0, 0.1) is 0 Å². The summed E-state index contributed by atoms with van der Waals surface area (Å²) in [6.45, 7) is 1.48. The number of rotatable bonds is 5. The highest BCUT2D eigenvalue weighted by Gasteiger charge is 2.11. The Bertz CT molecular complexity index is 963. The topological polar surface area (TPSA) is 113 Å². The fourth-order valence-corrected chi connectivity index (χ4v) is 2.46. The van der Waals surface area contributed by atoms with E-state index in [1.165, 1.54) is 17.9 Å². The Kier molecular flexibility index (Phi) is 4.51. The number of nitrogens with zero attached hydrogens (tertiary/aromatic N) is 2. The molecule has 25 heavy (non-hydrogen) atoms. The Morgan fingerprint density at radius 2 is 2.04 bits per heavy atom. The lowest BCUT2D eigenvalue weighted by atomic mass is 10.0. The van der Waals surface area contributed by atoms with Gasteiger partial charge in [0.05, 0.1) is 23.7 Å². The molecule has 0 radical (unpaired) electrons. The third-order valence-corrected chi connectivity index (χ3v) is 3.64. The van der Waals surface area contributed by atoms with Crippen molar-refractivity contribution in [1.29, 1.82) is 0 Å². The van der Waals surface area contributed by atoms with Gasteiger partial charge in [-0.05, 0) is 17.2 Å². The van der Waals surface area contributed by atoms with Crippen molar-refractivity contribution >= 4 is 12.1 Å². The molecule has 0 aliphatic carbocycles. The van der Waals surface area contributed by atoms with Gasteiger partial charge >= 0.3 is 5.63 Å². The monoisotopic (exact) mass is 340 g/mol. The van der Waals surface area contributed by atoms with Gasteiger partial charge in [-0.2, -0.15) is 4.74 Å². The Hall–Kier alpha value is -3.55. The minimum absolute atomic E-state index is 0.0922. The summed E-state index contributed by atoms with van der Waals surface area (Å²) >= 11 is 0. The third-order valence-electron chi connectivity index (χ3n) is 3.64. The highest BCUT2D eigenvalue weighted by molar-refractivity contribution is 5.89. The van der Waals surface area contributed by atoms with Crippen molar-refractivity contribution in [2.45, 2.75) is 13.6 Å². The van der Waals surface area contributed by atoms with E-state index in [0.717, 1.165) is 16.8 Å². The maximum Gasteiger partial charge on any atom is 0.365 e. The Morgan fingerprint density at radius 1 is 1.32 bits per heavy atom. The van der Waals surface area contributed by atoms with Gasteiger partial charge in [0, 0.05) is 18.7 Å². The lowest BCUT2D eigenvalue weighted by molar-refractivity contribution is -0.119. The lowest BCUT2D eigenvalue weighted by Gasteiger charge is -2.02. The van der Waals surface area contributed by atoms with Crippen molar-refractivity contribution in [3.05, 3.63) is 58.7 Å². The second kappa shape index (κ2) is 6.91. The van der Waals surface area contributed by atoms with Gasteiger partial charge in [0.25, 0.3) is 0 Å².